The van der Waals surface area contributed by atoms with E-state index in [0.29, 0.717) is 6.04 Å². The van der Waals surface area contributed by atoms with Crippen molar-refractivity contribution in [2.45, 2.75) is 51.6 Å². The van der Waals surface area contributed by atoms with Crippen LogP contribution in [-0.4, -0.2) is 6.04 Å². The van der Waals surface area contributed by atoms with Crippen LogP contribution in [0.4, 0.5) is 0 Å². The van der Waals surface area contributed by atoms with Gasteiger partial charge in [-0.2, -0.15) is 0 Å². The summed E-state index contributed by atoms with van der Waals surface area (Å²) < 4.78 is 1.04. The number of hydrogen-bond donors (Lipinski definition) is 1. The summed E-state index contributed by atoms with van der Waals surface area (Å²) in [7, 11) is 0. The number of benzene rings is 1. The molecule has 3 heteroatoms. The van der Waals surface area contributed by atoms with Crippen LogP contribution in [0.2, 0.25) is 5.02 Å². The van der Waals surface area contributed by atoms with Gasteiger partial charge in [-0.1, -0.05) is 59.8 Å². The average molecular weight is 331 g/mol. The van der Waals surface area contributed by atoms with E-state index in [2.05, 4.69) is 40.3 Å². The molecule has 2 unspecified atom stereocenters. The molecular weight excluding hydrogens is 310 g/mol. The normalized spacial score (nSPS) is 24.8. The van der Waals surface area contributed by atoms with Crippen molar-refractivity contribution < 1.29 is 0 Å². The smallest absolute Gasteiger partial charge is 0.0462 e. The molecule has 0 aromatic heterocycles. The van der Waals surface area contributed by atoms with Gasteiger partial charge < -0.3 is 5.32 Å². The fourth-order valence-corrected chi connectivity index (χ4v) is 3.44. The lowest BCUT2D eigenvalue weighted by molar-refractivity contribution is 0.356. The van der Waals surface area contributed by atoms with Crippen LogP contribution < -0.4 is 5.32 Å². The number of halogens is 2. The van der Waals surface area contributed by atoms with Crippen LogP contribution in [0.15, 0.2) is 22.7 Å². The number of rotatable bonds is 3. The van der Waals surface area contributed by atoms with Gasteiger partial charge in [0, 0.05) is 22.1 Å². The van der Waals surface area contributed by atoms with E-state index in [0.717, 1.165) is 22.0 Å². The van der Waals surface area contributed by atoms with E-state index in [1.807, 2.05) is 6.07 Å². The molecule has 2 atom stereocenters. The molecule has 1 N–H and O–H groups in total. The minimum Gasteiger partial charge on any atom is -0.310 e. The van der Waals surface area contributed by atoms with Crippen LogP contribution in [0.1, 0.15) is 44.6 Å². The Balaban J connectivity index is 1.93. The lowest BCUT2D eigenvalue weighted by atomic mass is 9.97. The molecule has 1 nitrogen and oxygen atoms in total. The Bertz CT molecular complexity index is 394. The fourth-order valence-electron chi connectivity index (χ4n) is 2.70. The van der Waals surface area contributed by atoms with Crippen molar-refractivity contribution in [1.82, 2.24) is 5.32 Å². The van der Waals surface area contributed by atoms with Gasteiger partial charge in [-0.25, -0.2) is 0 Å². The Morgan fingerprint density at radius 3 is 2.83 bits per heavy atom. The minimum absolute atomic E-state index is 0.646. The van der Waals surface area contributed by atoms with E-state index in [1.165, 1.54) is 37.7 Å². The van der Waals surface area contributed by atoms with Gasteiger partial charge in [0.15, 0.2) is 0 Å². The fraction of sp³-hybridized carbons (Fsp3) is 0.600. The number of nitrogens with one attached hydrogen (secondary N) is 1. The Morgan fingerprint density at radius 2 is 2.06 bits per heavy atom. The molecule has 1 aromatic rings. The molecule has 0 saturated heterocycles. The molecule has 0 spiro atoms. The molecule has 0 bridgehead atoms. The van der Waals surface area contributed by atoms with Crippen molar-refractivity contribution in [1.29, 1.82) is 0 Å². The maximum Gasteiger partial charge on any atom is 0.0462 e. The van der Waals surface area contributed by atoms with Crippen LogP contribution in [-0.2, 0) is 6.54 Å². The highest BCUT2D eigenvalue weighted by molar-refractivity contribution is 9.10. The summed E-state index contributed by atoms with van der Waals surface area (Å²) in [5.74, 6) is 0.779. The van der Waals surface area contributed by atoms with Gasteiger partial charge in [-0.3, -0.25) is 0 Å². The first kappa shape index (κ1) is 14.4. The maximum absolute atomic E-state index is 6.25. The first-order valence-electron chi connectivity index (χ1n) is 6.84. The van der Waals surface area contributed by atoms with Crippen molar-refractivity contribution in [3.63, 3.8) is 0 Å². The third-order valence-corrected chi connectivity index (χ3v) is 4.78. The lowest BCUT2D eigenvalue weighted by Crippen LogP contribution is -2.33. The van der Waals surface area contributed by atoms with Crippen molar-refractivity contribution in [2.75, 3.05) is 0 Å². The van der Waals surface area contributed by atoms with Crippen LogP contribution in [0.3, 0.4) is 0 Å². The summed E-state index contributed by atoms with van der Waals surface area (Å²) in [5, 5.41) is 4.53. The predicted molar refractivity (Wildman–Crippen MR) is 82.0 cm³/mol. The highest BCUT2D eigenvalue weighted by atomic mass is 79.9. The third kappa shape index (κ3) is 3.97. The Kier molecular flexibility index (Phi) is 5.53. The molecular formula is C15H21BrClN. The van der Waals surface area contributed by atoms with Gasteiger partial charge in [0.1, 0.15) is 0 Å². The molecule has 0 heterocycles. The highest BCUT2D eigenvalue weighted by Crippen LogP contribution is 2.25. The van der Waals surface area contributed by atoms with Crippen molar-refractivity contribution in [2.24, 2.45) is 5.92 Å². The highest BCUT2D eigenvalue weighted by Gasteiger charge is 2.19. The van der Waals surface area contributed by atoms with E-state index in [1.54, 1.807) is 0 Å². The second-order valence-corrected chi connectivity index (χ2v) is 6.66. The van der Waals surface area contributed by atoms with Crippen molar-refractivity contribution in [3.8, 4) is 0 Å². The quantitative estimate of drug-likeness (QED) is 0.755. The molecule has 1 aliphatic rings. The summed E-state index contributed by atoms with van der Waals surface area (Å²) >= 11 is 9.68. The summed E-state index contributed by atoms with van der Waals surface area (Å²) in [4.78, 5) is 0. The standard InChI is InChI=1S/C15H21BrClN/c1-11-5-3-2-4-6-15(11)18-10-12-7-8-13(16)9-14(12)17/h7-9,11,15,18H,2-6,10H2,1H3. The topological polar surface area (TPSA) is 12.0 Å². The molecule has 1 aromatic carbocycles. The van der Waals surface area contributed by atoms with Crippen LogP contribution in [0, 0.1) is 5.92 Å². The first-order chi connectivity index (χ1) is 8.66. The molecule has 0 amide bonds. The van der Waals surface area contributed by atoms with Crippen LogP contribution in [0.25, 0.3) is 0 Å². The predicted octanol–water partition coefficient (Wildman–Crippen LogP) is 5.16. The minimum atomic E-state index is 0.646. The molecule has 1 fully saturated rings. The zero-order valence-corrected chi connectivity index (χ0v) is 13.2. The van der Waals surface area contributed by atoms with Crippen molar-refractivity contribution >= 4 is 27.5 Å². The monoisotopic (exact) mass is 329 g/mol. The second kappa shape index (κ2) is 6.93. The number of hydrogen-bond acceptors (Lipinski definition) is 1. The van der Waals surface area contributed by atoms with E-state index in [9.17, 15) is 0 Å². The van der Waals surface area contributed by atoms with Gasteiger partial charge >= 0.3 is 0 Å². The zero-order valence-electron chi connectivity index (χ0n) is 10.9. The Hall–Kier alpha value is -0.0500. The van der Waals surface area contributed by atoms with Gasteiger partial charge in [0.25, 0.3) is 0 Å². The average Bonchev–Trinajstić information content (AvgIpc) is 2.53. The summed E-state index contributed by atoms with van der Waals surface area (Å²) in [6, 6.07) is 6.77. The SMILES string of the molecule is CC1CCCCCC1NCc1ccc(Br)cc1Cl. The maximum atomic E-state index is 6.25. The zero-order chi connectivity index (χ0) is 13.0. The Labute approximate surface area is 123 Å². The van der Waals surface area contributed by atoms with E-state index >= 15 is 0 Å². The molecule has 1 aliphatic carbocycles. The molecule has 2 rings (SSSR count). The molecule has 1 saturated carbocycles. The second-order valence-electron chi connectivity index (χ2n) is 5.34. The van der Waals surface area contributed by atoms with E-state index in [4.69, 9.17) is 11.6 Å². The largest absolute Gasteiger partial charge is 0.310 e. The van der Waals surface area contributed by atoms with Crippen LogP contribution >= 0.6 is 27.5 Å². The first-order valence-corrected chi connectivity index (χ1v) is 8.01. The summed E-state index contributed by atoms with van der Waals surface area (Å²) in [6.07, 6.45) is 6.79. The van der Waals surface area contributed by atoms with Crippen LogP contribution in [0.5, 0.6) is 0 Å². The van der Waals surface area contributed by atoms with E-state index < -0.39 is 0 Å². The van der Waals surface area contributed by atoms with Gasteiger partial charge in [0.2, 0.25) is 0 Å². The van der Waals surface area contributed by atoms with E-state index in [-0.39, 0.29) is 0 Å². The van der Waals surface area contributed by atoms with Gasteiger partial charge in [0.05, 0.1) is 0 Å². The van der Waals surface area contributed by atoms with Gasteiger partial charge in [-0.15, -0.1) is 0 Å². The molecule has 0 radical (unpaired) electrons. The molecule has 0 aliphatic heterocycles. The molecule has 100 valence electrons. The third-order valence-electron chi connectivity index (χ3n) is 3.93. The van der Waals surface area contributed by atoms with Crippen molar-refractivity contribution in [3.05, 3.63) is 33.3 Å². The van der Waals surface area contributed by atoms with Gasteiger partial charge in [-0.05, 0) is 36.5 Å². The summed E-state index contributed by atoms with van der Waals surface area (Å²) in [5.41, 5.74) is 1.19. The summed E-state index contributed by atoms with van der Waals surface area (Å²) in [6.45, 7) is 3.24. The molecule has 18 heavy (non-hydrogen) atoms. The Morgan fingerprint density at radius 1 is 1.28 bits per heavy atom. The lowest BCUT2D eigenvalue weighted by Gasteiger charge is -2.23.